The average molecular weight is 284 g/mol. The van der Waals surface area contributed by atoms with Gasteiger partial charge in [0.2, 0.25) is 0 Å². The van der Waals surface area contributed by atoms with Crippen molar-refractivity contribution in [2.24, 2.45) is 0 Å². The van der Waals surface area contributed by atoms with Crippen LogP contribution in [0, 0.1) is 0 Å². The van der Waals surface area contributed by atoms with E-state index < -0.39 is 0 Å². The normalized spacial score (nSPS) is 13.7. The largest absolute Gasteiger partial charge is 0.497 e. The van der Waals surface area contributed by atoms with Crippen molar-refractivity contribution >= 4 is 5.78 Å². The highest BCUT2D eigenvalue weighted by Crippen LogP contribution is 2.29. The topological polar surface area (TPSA) is 61.3 Å². The summed E-state index contributed by atoms with van der Waals surface area (Å²) >= 11 is 0. The lowest BCUT2D eigenvalue weighted by molar-refractivity contribution is 0.0971. The molecule has 0 spiro atoms. The van der Waals surface area contributed by atoms with Crippen LogP contribution in [0.5, 0.6) is 11.5 Å². The van der Waals surface area contributed by atoms with Crippen molar-refractivity contribution in [1.82, 2.24) is 9.97 Å². The standard InChI is InChI=1S/C16H16N2O3/c1-20-11-6-10(7-12(8-11)21-2)16-17-9-13-14(18-16)4-3-5-15(13)19/h6-9H,3-5H2,1-2H3. The summed E-state index contributed by atoms with van der Waals surface area (Å²) in [6.07, 6.45) is 3.88. The Hall–Kier alpha value is -2.43. The summed E-state index contributed by atoms with van der Waals surface area (Å²) in [6, 6.07) is 5.51. The average Bonchev–Trinajstić information content (AvgIpc) is 2.54. The SMILES string of the molecule is COc1cc(OC)cc(-c2ncc3c(n2)CCCC3=O)c1. The molecule has 3 rings (SSSR count). The van der Waals surface area contributed by atoms with Crippen molar-refractivity contribution < 1.29 is 14.3 Å². The molecule has 0 amide bonds. The highest BCUT2D eigenvalue weighted by Gasteiger charge is 2.20. The molecule has 0 saturated carbocycles. The van der Waals surface area contributed by atoms with Crippen LogP contribution in [-0.4, -0.2) is 30.0 Å². The number of aromatic nitrogens is 2. The van der Waals surface area contributed by atoms with Crippen LogP contribution < -0.4 is 9.47 Å². The fourth-order valence-electron chi connectivity index (χ4n) is 2.47. The Labute approximate surface area is 123 Å². The highest BCUT2D eigenvalue weighted by molar-refractivity contribution is 5.97. The number of aryl methyl sites for hydroxylation is 1. The number of carbonyl (C=O) groups excluding carboxylic acids is 1. The Morgan fingerprint density at radius 3 is 2.43 bits per heavy atom. The number of methoxy groups -OCH3 is 2. The predicted molar refractivity (Wildman–Crippen MR) is 77.8 cm³/mol. The van der Waals surface area contributed by atoms with E-state index in [0.717, 1.165) is 24.1 Å². The first-order valence-electron chi connectivity index (χ1n) is 6.84. The molecule has 2 aromatic rings. The molecule has 1 aliphatic carbocycles. The van der Waals surface area contributed by atoms with Gasteiger partial charge in [-0.15, -0.1) is 0 Å². The molecule has 0 radical (unpaired) electrons. The minimum absolute atomic E-state index is 0.131. The van der Waals surface area contributed by atoms with Gasteiger partial charge in [0.25, 0.3) is 0 Å². The van der Waals surface area contributed by atoms with E-state index in [4.69, 9.17) is 9.47 Å². The second-order valence-corrected chi connectivity index (χ2v) is 4.93. The number of fused-ring (bicyclic) bond motifs is 1. The van der Waals surface area contributed by atoms with E-state index in [0.29, 0.717) is 29.3 Å². The van der Waals surface area contributed by atoms with Gasteiger partial charge in [0.15, 0.2) is 11.6 Å². The van der Waals surface area contributed by atoms with Crippen LogP contribution in [-0.2, 0) is 6.42 Å². The molecule has 1 aliphatic rings. The third-order valence-corrected chi connectivity index (χ3v) is 3.60. The summed E-state index contributed by atoms with van der Waals surface area (Å²) in [5, 5.41) is 0. The third kappa shape index (κ3) is 2.59. The molecule has 21 heavy (non-hydrogen) atoms. The molecule has 1 aromatic heterocycles. The van der Waals surface area contributed by atoms with Gasteiger partial charge in [0, 0.05) is 24.2 Å². The zero-order valence-electron chi connectivity index (χ0n) is 12.0. The minimum Gasteiger partial charge on any atom is -0.497 e. The number of rotatable bonds is 3. The number of benzene rings is 1. The van der Waals surface area contributed by atoms with Crippen molar-refractivity contribution in [3.63, 3.8) is 0 Å². The number of hydrogen-bond donors (Lipinski definition) is 0. The molecule has 1 aromatic carbocycles. The van der Waals surface area contributed by atoms with E-state index in [9.17, 15) is 4.79 Å². The van der Waals surface area contributed by atoms with Crippen molar-refractivity contribution in [2.45, 2.75) is 19.3 Å². The van der Waals surface area contributed by atoms with E-state index in [-0.39, 0.29) is 5.78 Å². The first-order chi connectivity index (χ1) is 10.2. The first-order valence-corrected chi connectivity index (χ1v) is 6.84. The third-order valence-electron chi connectivity index (χ3n) is 3.60. The van der Waals surface area contributed by atoms with Crippen LogP contribution >= 0.6 is 0 Å². The summed E-state index contributed by atoms with van der Waals surface area (Å²) in [6.45, 7) is 0. The van der Waals surface area contributed by atoms with Gasteiger partial charge in [-0.3, -0.25) is 4.79 Å². The lowest BCUT2D eigenvalue weighted by Gasteiger charge is -2.14. The summed E-state index contributed by atoms with van der Waals surface area (Å²) in [5.74, 6) is 2.08. The Bertz CT molecular complexity index is 676. The van der Waals surface area contributed by atoms with Gasteiger partial charge in [-0.25, -0.2) is 9.97 Å². The maximum atomic E-state index is 11.8. The van der Waals surface area contributed by atoms with Crippen molar-refractivity contribution in [1.29, 1.82) is 0 Å². The highest BCUT2D eigenvalue weighted by atomic mass is 16.5. The van der Waals surface area contributed by atoms with Crippen LogP contribution in [0.2, 0.25) is 0 Å². The van der Waals surface area contributed by atoms with E-state index in [1.807, 2.05) is 12.1 Å². The number of ether oxygens (including phenoxy) is 2. The second kappa shape index (κ2) is 5.52. The van der Waals surface area contributed by atoms with Crippen LogP contribution in [0.25, 0.3) is 11.4 Å². The van der Waals surface area contributed by atoms with Gasteiger partial charge in [-0.1, -0.05) is 0 Å². The quantitative estimate of drug-likeness (QED) is 0.867. The molecule has 0 N–H and O–H groups in total. The number of carbonyl (C=O) groups is 1. The molecule has 108 valence electrons. The van der Waals surface area contributed by atoms with E-state index in [1.165, 1.54) is 0 Å². The lowest BCUT2D eigenvalue weighted by atomic mass is 9.96. The van der Waals surface area contributed by atoms with Gasteiger partial charge < -0.3 is 9.47 Å². The molecule has 0 unspecified atom stereocenters. The van der Waals surface area contributed by atoms with Crippen LogP contribution in [0.1, 0.15) is 28.9 Å². The van der Waals surface area contributed by atoms with Crippen molar-refractivity contribution in [2.75, 3.05) is 14.2 Å². The molecule has 0 saturated heterocycles. The summed E-state index contributed by atoms with van der Waals surface area (Å²) in [4.78, 5) is 20.7. The van der Waals surface area contributed by atoms with Gasteiger partial charge in [-0.05, 0) is 25.0 Å². The number of ketones is 1. The monoisotopic (exact) mass is 284 g/mol. The summed E-state index contributed by atoms with van der Waals surface area (Å²) in [7, 11) is 3.20. The maximum absolute atomic E-state index is 11.8. The van der Waals surface area contributed by atoms with Crippen molar-refractivity contribution in [3.05, 3.63) is 35.7 Å². The second-order valence-electron chi connectivity index (χ2n) is 4.93. The van der Waals surface area contributed by atoms with Gasteiger partial charge in [0.05, 0.1) is 25.5 Å². The molecular weight excluding hydrogens is 268 g/mol. The minimum atomic E-state index is 0.131. The van der Waals surface area contributed by atoms with Gasteiger partial charge >= 0.3 is 0 Å². The van der Waals surface area contributed by atoms with E-state index in [1.54, 1.807) is 26.5 Å². The Morgan fingerprint density at radius 1 is 1.05 bits per heavy atom. The molecule has 0 fully saturated rings. The Morgan fingerprint density at radius 2 is 1.76 bits per heavy atom. The zero-order chi connectivity index (χ0) is 14.8. The Balaban J connectivity index is 2.06. The zero-order valence-corrected chi connectivity index (χ0v) is 12.0. The van der Waals surface area contributed by atoms with Gasteiger partial charge in [0.1, 0.15) is 11.5 Å². The molecule has 0 aliphatic heterocycles. The van der Waals surface area contributed by atoms with E-state index >= 15 is 0 Å². The summed E-state index contributed by atoms with van der Waals surface area (Å²) in [5.41, 5.74) is 2.30. The Kier molecular flexibility index (Phi) is 3.56. The van der Waals surface area contributed by atoms with Crippen LogP contribution in [0.3, 0.4) is 0 Å². The molecule has 5 nitrogen and oxygen atoms in total. The number of Topliss-reactive ketones (excluding diaryl/α,β-unsaturated/α-hetero) is 1. The van der Waals surface area contributed by atoms with Crippen LogP contribution in [0.4, 0.5) is 0 Å². The first kappa shape index (κ1) is 13.5. The fraction of sp³-hybridized carbons (Fsp3) is 0.312. The fourth-order valence-corrected chi connectivity index (χ4v) is 2.47. The number of nitrogens with zero attached hydrogens (tertiary/aromatic N) is 2. The molecular formula is C16H16N2O3. The summed E-state index contributed by atoms with van der Waals surface area (Å²) < 4.78 is 10.5. The smallest absolute Gasteiger partial charge is 0.166 e. The van der Waals surface area contributed by atoms with Crippen molar-refractivity contribution in [3.8, 4) is 22.9 Å². The van der Waals surface area contributed by atoms with Gasteiger partial charge in [-0.2, -0.15) is 0 Å². The predicted octanol–water partition coefficient (Wildman–Crippen LogP) is 2.68. The van der Waals surface area contributed by atoms with E-state index in [2.05, 4.69) is 9.97 Å². The number of hydrogen-bond acceptors (Lipinski definition) is 5. The molecule has 5 heteroatoms. The molecule has 0 bridgehead atoms. The maximum Gasteiger partial charge on any atom is 0.166 e. The van der Waals surface area contributed by atoms with Crippen LogP contribution in [0.15, 0.2) is 24.4 Å². The lowest BCUT2D eigenvalue weighted by Crippen LogP contribution is -2.13. The molecule has 1 heterocycles. The molecule has 0 atom stereocenters.